The zero-order valence-electron chi connectivity index (χ0n) is 22.9. The molecule has 0 unspecified atom stereocenters. The second-order valence-corrected chi connectivity index (χ2v) is 10.1. The van der Waals surface area contributed by atoms with Crippen LogP contribution in [-0.4, -0.2) is 48.9 Å². The van der Waals surface area contributed by atoms with E-state index in [-0.39, 0.29) is 72.7 Å². The van der Waals surface area contributed by atoms with Crippen LogP contribution in [0.1, 0.15) is 39.5 Å². The van der Waals surface area contributed by atoms with Gasteiger partial charge in [0, 0.05) is 41.3 Å². The zero-order valence-corrected chi connectivity index (χ0v) is 22.9. The fourth-order valence-corrected chi connectivity index (χ4v) is 5.34. The summed E-state index contributed by atoms with van der Waals surface area (Å²) in [6.07, 6.45) is 3.53. The van der Waals surface area contributed by atoms with Crippen molar-refractivity contribution in [2.75, 3.05) is 0 Å². The third kappa shape index (κ3) is 4.38. The van der Waals surface area contributed by atoms with Crippen LogP contribution in [0.5, 0.6) is 0 Å². The molecule has 4 aromatic heterocycles. The Labute approximate surface area is 221 Å². The van der Waals surface area contributed by atoms with Gasteiger partial charge in [-0.2, -0.15) is 0 Å². The van der Waals surface area contributed by atoms with E-state index in [4.69, 9.17) is 0 Å². The summed E-state index contributed by atoms with van der Waals surface area (Å²) < 4.78 is 7.83. The number of Topliss-reactive ketones (excluding diaryl/α,β-unsaturated/α-hetero) is 2. The lowest BCUT2D eigenvalue weighted by Crippen LogP contribution is -2.42. The Balaban J connectivity index is 1.58. The van der Waals surface area contributed by atoms with Crippen LogP contribution in [0.25, 0.3) is 22.3 Å². The third-order valence-corrected chi connectivity index (χ3v) is 7.72. The molecule has 0 bridgehead atoms. The molecule has 14 heteroatoms. The monoisotopic (exact) mass is 540 g/mol. The SMILES string of the molecule is CC(=O)C(CCCn1c(=O)c2c(ncn2C)n(C)c1=O)(CCCn1c(=O)c2c(ncn2C)n(C)c1=O)C(C)=O. The maximum absolute atomic E-state index is 13.0. The summed E-state index contributed by atoms with van der Waals surface area (Å²) in [4.78, 5) is 85.5. The predicted octanol–water partition coefficient (Wildman–Crippen LogP) is -0.394. The van der Waals surface area contributed by atoms with Gasteiger partial charge < -0.3 is 9.13 Å². The van der Waals surface area contributed by atoms with Crippen molar-refractivity contribution in [3.63, 3.8) is 0 Å². The van der Waals surface area contributed by atoms with E-state index >= 15 is 0 Å². The fourth-order valence-electron chi connectivity index (χ4n) is 5.34. The first kappa shape index (κ1) is 27.7. The number of rotatable bonds is 10. The Morgan fingerprint density at radius 1 is 0.692 bits per heavy atom. The number of aryl methyl sites for hydroxylation is 4. The van der Waals surface area contributed by atoms with Crippen molar-refractivity contribution in [1.82, 2.24) is 37.4 Å². The molecule has 0 spiro atoms. The van der Waals surface area contributed by atoms with Gasteiger partial charge in [-0.3, -0.25) is 37.4 Å². The van der Waals surface area contributed by atoms with Crippen LogP contribution in [0.4, 0.5) is 0 Å². The molecule has 0 N–H and O–H groups in total. The molecular formula is C25H32N8O6. The van der Waals surface area contributed by atoms with Crippen LogP contribution < -0.4 is 22.5 Å². The molecule has 39 heavy (non-hydrogen) atoms. The highest BCUT2D eigenvalue weighted by atomic mass is 16.2. The van der Waals surface area contributed by atoms with E-state index in [0.29, 0.717) is 0 Å². The highest BCUT2D eigenvalue weighted by molar-refractivity contribution is 6.05. The summed E-state index contributed by atoms with van der Waals surface area (Å²) in [5.41, 5.74) is -2.34. The number of hydrogen-bond donors (Lipinski definition) is 0. The molecule has 0 aromatic carbocycles. The van der Waals surface area contributed by atoms with Gasteiger partial charge in [-0.1, -0.05) is 0 Å². The van der Waals surface area contributed by atoms with Crippen molar-refractivity contribution >= 4 is 33.9 Å². The second-order valence-electron chi connectivity index (χ2n) is 10.1. The van der Waals surface area contributed by atoms with E-state index in [1.807, 2.05) is 0 Å². The molecule has 208 valence electrons. The van der Waals surface area contributed by atoms with Gasteiger partial charge in [0.25, 0.3) is 11.1 Å². The number of imidazole rings is 2. The van der Waals surface area contributed by atoms with E-state index in [1.54, 1.807) is 14.1 Å². The molecule has 0 saturated carbocycles. The minimum Gasteiger partial charge on any atom is -0.328 e. The Kier molecular flexibility index (Phi) is 7.15. The summed E-state index contributed by atoms with van der Waals surface area (Å²) in [6.45, 7) is 2.68. The van der Waals surface area contributed by atoms with Crippen LogP contribution >= 0.6 is 0 Å². The first-order valence-corrected chi connectivity index (χ1v) is 12.6. The molecular weight excluding hydrogens is 508 g/mol. The topological polar surface area (TPSA) is 158 Å². The Hall–Kier alpha value is -4.36. The quantitative estimate of drug-likeness (QED) is 0.246. The van der Waals surface area contributed by atoms with Crippen LogP contribution in [0.2, 0.25) is 0 Å². The molecule has 4 heterocycles. The van der Waals surface area contributed by atoms with Crippen LogP contribution in [0.3, 0.4) is 0 Å². The molecule has 0 fully saturated rings. The molecule has 0 atom stereocenters. The molecule has 0 aliphatic heterocycles. The van der Waals surface area contributed by atoms with Gasteiger partial charge in [0.2, 0.25) is 0 Å². The number of nitrogens with zero attached hydrogens (tertiary/aromatic N) is 8. The van der Waals surface area contributed by atoms with Gasteiger partial charge in [-0.05, 0) is 39.5 Å². The summed E-state index contributed by atoms with van der Waals surface area (Å²) >= 11 is 0. The Morgan fingerprint density at radius 3 is 1.38 bits per heavy atom. The van der Waals surface area contributed by atoms with Gasteiger partial charge in [-0.15, -0.1) is 0 Å². The Bertz CT molecular complexity index is 1730. The summed E-state index contributed by atoms with van der Waals surface area (Å²) in [5.74, 6) is -0.695. The summed E-state index contributed by atoms with van der Waals surface area (Å²) in [6, 6.07) is 0. The van der Waals surface area contributed by atoms with Crippen LogP contribution in [0, 0.1) is 5.41 Å². The molecule has 0 aliphatic rings. The predicted molar refractivity (Wildman–Crippen MR) is 143 cm³/mol. The number of hydrogen-bond acceptors (Lipinski definition) is 8. The van der Waals surface area contributed by atoms with Crippen LogP contribution in [0.15, 0.2) is 31.8 Å². The van der Waals surface area contributed by atoms with E-state index in [1.165, 1.54) is 58.9 Å². The molecule has 0 saturated heterocycles. The lowest BCUT2D eigenvalue weighted by molar-refractivity contribution is -0.139. The standard InChI is InChI=1S/C25H32N8O6/c1-15(34)25(16(2)35,9-7-11-32-21(36)17-19(26-13-28(17)3)30(5)23(32)38)10-8-12-33-22(37)18-20(27-14-29(18)4)31(6)24(33)39/h13-14H,7-12H2,1-6H3. The second kappa shape index (κ2) is 10.1. The van der Waals surface area contributed by atoms with Crippen molar-refractivity contribution in [3.8, 4) is 0 Å². The average molecular weight is 541 g/mol. The molecule has 14 nitrogen and oxygen atoms in total. The largest absolute Gasteiger partial charge is 0.332 e. The van der Waals surface area contributed by atoms with Crippen LogP contribution in [-0.2, 0) is 50.9 Å². The van der Waals surface area contributed by atoms with Crippen molar-refractivity contribution < 1.29 is 9.59 Å². The van der Waals surface area contributed by atoms with Gasteiger partial charge in [0.1, 0.15) is 11.6 Å². The first-order chi connectivity index (χ1) is 18.3. The average Bonchev–Trinajstić information content (AvgIpc) is 3.46. The van der Waals surface area contributed by atoms with Crippen molar-refractivity contribution in [1.29, 1.82) is 0 Å². The lowest BCUT2D eigenvalue weighted by Gasteiger charge is -2.29. The van der Waals surface area contributed by atoms with E-state index < -0.39 is 27.9 Å². The van der Waals surface area contributed by atoms with Gasteiger partial charge in [-0.25, -0.2) is 19.6 Å². The number of carbonyl (C=O) groups excluding carboxylic acids is 2. The highest BCUT2D eigenvalue weighted by Gasteiger charge is 2.39. The van der Waals surface area contributed by atoms with Crippen molar-refractivity contribution in [2.24, 2.45) is 33.6 Å². The normalized spacial score (nSPS) is 12.1. The smallest absolute Gasteiger partial charge is 0.328 e. The number of carbonyl (C=O) groups is 2. The lowest BCUT2D eigenvalue weighted by atomic mass is 9.73. The summed E-state index contributed by atoms with van der Waals surface area (Å²) in [7, 11) is 6.37. The molecule has 0 amide bonds. The maximum Gasteiger partial charge on any atom is 0.332 e. The minimum atomic E-state index is -1.38. The number of fused-ring (bicyclic) bond motifs is 2. The van der Waals surface area contributed by atoms with Crippen molar-refractivity contribution in [2.45, 2.75) is 52.6 Å². The summed E-state index contributed by atoms with van der Waals surface area (Å²) in [5, 5.41) is 0. The fraction of sp³-hybridized carbons (Fsp3) is 0.520. The molecule has 4 aromatic rings. The van der Waals surface area contributed by atoms with Gasteiger partial charge in [0.05, 0.1) is 18.1 Å². The van der Waals surface area contributed by atoms with Crippen molar-refractivity contribution in [3.05, 3.63) is 54.3 Å². The highest BCUT2D eigenvalue weighted by Crippen LogP contribution is 2.33. The first-order valence-electron chi connectivity index (χ1n) is 12.6. The number of aromatic nitrogens is 8. The molecule has 0 radical (unpaired) electrons. The Morgan fingerprint density at radius 2 is 1.05 bits per heavy atom. The van der Waals surface area contributed by atoms with Gasteiger partial charge >= 0.3 is 11.4 Å². The van der Waals surface area contributed by atoms with Gasteiger partial charge in [0.15, 0.2) is 22.3 Å². The molecule has 0 aliphatic carbocycles. The third-order valence-electron chi connectivity index (χ3n) is 7.72. The van der Waals surface area contributed by atoms with E-state index in [2.05, 4.69) is 9.97 Å². The molecule has 4 rings (SSSR count). The maximum atomic E-state index is 13.0. The number of ketones is 2. The minimum absolute atomic E-state index is 0.00605. The van der Waals surface area contributed by atoms with E-state index in [9.17, 15) is 28.8 Å². The van der Waals surface area contributed by atoms with E-state index in [0.717, 1.165) is 9.13 Å². The zero-order chi connectivity index (χ0) is 28.8.